The molecule has 3 nitrogen and oxygen atoms in total. The molecule has 0 aromatic carbocycles. The normalized spacial score (nSPS) is 18.4. The third-order valence-electron chi connectivity index (χ3n) is 4.15. The summed E-state index contributed by atoms with van der Waals surface area (Å²) in [4.78, 5) is 19.2. The molecule has 104 valence electrons. The summed E-state index contributed by atoms with van der Waals surface area (Å²) < 4.78 is 0. The Kier molecular flexibility index (Phi) is 5.08. The maximum atomic E-state index is 12.4. The summed E-state index contributed by atoms with van der Waals surface area (Å²) in [6, 6.07) is 4.09. The summed E-state index contributed by atoms with van der Waals surface area (Å²) in [5.41, 5.74) is 2.31. The minimum atomic E-state index is 0.0421. The molecule has 19 heavy (non-hydrogen) atoms. The molecule has 0 aliphatic heterocycles. The Balaban J connectivity index is 2.01. The van der Waals surface area contributed by atoms with Crippen molar-refractivity contribution in [1.82, 2.24) is 9.88 Å². The van der Waals surface area contributed by atoms with Crippen LogP contribution < -0.4 is 0 Å². The number of hydrogen-bond acceptors (Lipinski definition) is 3. The lowest BCUT2D eigenvalue weighted by atomic mass is 9.83. The van der Waals surface area contributed by atoms with Crippen LogP contribution in [0.3, 0.4) is 0 Å². The Morgan fingerprint density at radius 1 is 1.42 bits per heavy atom. The van der Waals surface area contributed by atoms with E-state index in [1.54, 1.807) is 0 Å². The van der Waals surface area contributed by atoms with Crippen LogP contribution in [0.1, 0.15) is 50.3 Å². The number of rotatable bonds is 6. The van der Waals surface area contributed by atoms with Crippen LogP contribution in [0.15, 0.2) is 18.3 Å². The van der Waals surface area contributed by atoms with Crippen LogP contribution in [0.2, 0.25) is 0 Å². The minimum absolute atomic E-state index is 0.0421. The van der Waals surface area contributed by atoms with Gasteiger partial charge in [-0.15, -0.1) is 0 Å². The van der Waals surface area contributed by atoms with Crippen molar-refractivity contribution in [2.75, 3.05) is 19.6 Å². The number of pyridine rings is 1. The van der Waals surface area contributed by atoms with Crippen molar-refractivity contribution in [3.8, 4) is 0 Å². The summed E-state index contributed by atoms with van der Waals surface area (Å²) in [5, 5.41) is 0. The summed E-state index contributed by atoms with van der Waals surface area (Å²) in [6.45, 7) is 7.20. The first-order valence-electron chi connectivity index (χ1n) is 7.45. The Labute approximate surface area is 116 Å². The Morgan fingerprint density at radius 3 is 2.95 bits per heavy atom. The third kappa shape index (κ3) is 3.41. The fourth-order valence-electron chi connectivity index (χ4n) is 2.91. The molecule has 2 rings (SSSR count). The number of nitrogens with zero attached hydrogens (tertiary/aromatic N) is 2. The standard InChI is InChI=1S/C16H24N2O/c1-3-18(4-2)12-10-15(19)14-9-5-7-13-8-6-11-17-16(13)14/h6,8,11,14H,3-5,7,9-10,12H2,1-2H3. The maximum absolute atomic E-state index is 12.4. The number of carbonyl (C=O) groups excluding carboxylic acids is 1. The second-order valence-corrected chi connectivity index (χ2v) is 5.24. The first kappa shape index (κ1) is 14.2. The van der Waals surface area contributed by atoms with Gasteiger partial charge in [-0.2, -0.15) is 0 Å². The number of fused-ring (bicyclic) bond motifs is 1. The van der Waals surface area contributed by atoms with Crippen molar-refractivity contribution < 1.29 is 4.79 Å². The van der Waals surface area contributed by atoms with E-state index in [0.717, 1.165) is 44.6 Å². The van der Waals surface area contributed by atoms with E-state index >= 15 is 0 Å². The molecule has 0 saturated carbocycles. The average Bonchev–Trinajstić information content (AvgIpc) is 2.47. The second-order valence-electron chi connectivity index (χ2n) is 5.24. The van der Waals surface area contributed by atoms with E-state index in [-0.39, 0.29) is 5.92 Å². The van der Waals surface area contributed by atoms with Gasteiger partial charge in [-0.1, -0.05) is 19.9 Å². The van der Waals surface area contributed by atoms with Crippen molar-refractivity contribution in [3.63, 3.8) is 0 Å². The summed E-state index contributed by atoms with van der Waals surface area (Å²) >= 11 is 0. The van der Waals surface area contributed by atoms with Crippen molar-refractivity contribution in [3.05, 3.63) is 29.6 Å². The SMILES string of the molecule is CCN(CC)CCC(=O)C1CCCc2cccnc21. The van der Waals surface area contributed by atoms with E-state index in [0.29, 0.717) is 12.2 Å². The van der Waals surface area contributed by atoms with Crippen LogP contribution >= 0.6 is 0 Å². The number of Topliss-reactive ketones (excluding diaryl/α,β-unsaturated/α-hetero) is 1. The molecule has 0 fully saturated rings. The first-order chi connectivity index (χ1) is 9.26. The van der Waals surface area contributed by atoms with Crippen LogP contribution in [0.5, 0.6) is 0 Å². The number of aromatic nitrogens is 1. The van der Waals surface area contributed by atoms with Gasteiger partial charge in [0.1, 0.15) is 5.78 Å². The van der Waals surface area contributed by atoms with Gasteiger partial charge >= 0.3 is 0 Å². The molecule has 1 atom stereocenters. The molecule has 0 bridgehead atoms. The maximum Gasteiger partial charge on any atom is 0.143 e. The Bertz CT molecular complexity index is 427. The van der Waals surface area contributed by atoms with Crippen LogP contribution in [0.25, 0.3) is 0 Å². The van der Waals surface area contributed by atoms with Gasteiger partial charge in [-0.05, 0) is 44.0 Å². The van der Waals surface area contributed by atoms with E-state index in [9.17, 15) is 4.79 Å². The Hall–Kier alpha value is -1.22. The molecule has 0 saturated heterocycles. The smallest absolute Gasteiger partial charge is 0.143 e. The predicted octanol–water partition coefficient (Wildman–Crippen LogP) is 2.80. The molecule has 1 aromatic rings. The lowest BCUT2D eigenvalue weighted by molar-refractivity contribution is -0.121. The van der Waals surface area contributed by atoms with E-state index < -0.39 is 0 Å². The predicted molar refractivity (Wildman–Crippen MR) is 77.3 cm³/mol. The van der Waals surface area contributed by atoms with Gasteiger partial charge in [0.25, 0.3) is 0 Å². The molecular weight excluding hydrogens is 236 g/mol. The van der Waals surface area contributed by atoms with Crippen LogP contribution in [-0.2, 0) is 11.2 Å². The number of hydrogen-bond donors (Lipinski definition) is 0. The van der Waals surface area contributed by atoms with Crippen molar-refractivity contribution in [2.24, 2.45) is 0 Å². The zero-order valence-corrected chi connectivity index (χ0v) is 12.1. The zero-order valence-electron chi connectivity index (χ0n) is 12.1. The molecule has 1 heterocycles. The molecule has 0 amide bonds. The topological polar surface area (TPSA) is 33.2 Å². The molecule has 1 aliphatic rings. The lowest BCUT2D eigenvalue weighted by Gasteiger charge is -2.24. The largest absolute Gasteiger partial charge is 0.303 e. The molecule has 0 spiro atoms. The van der Waals surface area contributed by atoms with Crippen molar-refractivity contribution in [2.45, 2.75) is 45.4 Å². The lowest BCUT2D eigenvalue weighted by Crippen LogP contribution is -2.28. The van der Waals surface area contributed by atoms with Gasteiger partial charge in [-0.3, -0.25) is 9.78 Å². The number of ketones is 1. The zero-order chi connectivity index (χ0) is 13.7. The van der Waals surface area contributed by atoms with Gasteiger partial charge in [0, 0.05) is 19.2 Å². The van der Waals surface area contributed by atoms with Gasteiger partial charge < -0.3 is 4.90 Å². The molecular formula is C16H24N2O. The Morgan fingerprint density at radius 2 is 2.21 bits per heavy atom. The van der Waals surface area contributed by atoms with Crippen molar-refractivity contribution in [1.29, 1.82) is 0 Å². The molecule has 0 radical (unpaired) electrons. The number of aryl methyl sites for hydroxylation is 1. The molecule has 3 heteroatoms. The summed E-state index contributed by atoms with van der Waals surface area (Å²) in [5.74, 6) is 0.409. The third-order valence-corrected chi connectivity index (χ3v) is 4.15. The van der Waals surface area contributed by atoms with E-state index in [4.69, 9.17) is 0 Å². The fraction of sp³-hybridized carbons (Fsp3) is 0.625. The second kappa shape index (κ2) is 6.80. The molecule has 1 unspecified atom stereocenters. The van der Waals surface area contributed by atoms with Gasteiger partial charge in [-0.25, -0.2) is 0 Å². The van der Waals surface area contributed by atoms with Crippen molar-refractivity contribution >= 4 is 5.78 Å². The molecule has 1 aliphatic carbocycles. The van der Waals surface area contributed by atoms with Gasteiger partial charge in [0.15, 0.2) is 0 Å². The highest BCUT2D eigenvalue weighted by Gasteiger charge is 2.27. The first-order valence-corrected chi connectivity index (χ1v) is 7.45. The van der Waals surface area contributed by atoms with Crippen LogP contribution in [0.4, 0.5) is 0 Å². The van der Waals surface area contributed by atoms with E-state index in [1.807, 2.05) is 12.3 Å². The minimum Gasteiger partial charge on any atom is -0.303 e. The highest BCUT2D eigenvalue weighted by atomic mass is 16.1. The van der Waals surface area contributed by atoms with Crippen LogP contribution in [-0.4, -0.2) is 35.3 Å². The number of carbonyl (C=O) groups is 1. The van der Waals surface area contributed by atoms with E-state index in [2.05, 4.69) is 29.8 Å². The molecule has 0 N–H and O–H groups in total. The van der Waals surface area contributed by atoms with Gasteiger partial charge in [0.2, 0.25) is 0 Å². The molecule has 1 aromatic heterocycles. The average molecular weight is 260 g/mol. The summed E-state index contributed by atoms with van der Waals surface area (Å²) in [6.07, 6.45) is 5.63. The summed E-state index contributed by atoms with van der Waals surface area (Å²) in [7, 11) is 0. The van der Waals surface area contributed by atoms with Crippen LogP contribution in [0, 0.1) is 0 Å². The van der Waals surface area contributed by atoms with E-state index in [1.165, 1.54) is 5.56 Å². The monoisotopic (exact) mass is 260 g/mol. The van der Waals surface area contributed by atoms with Gasteiger partial charge in [0.05, 0.1) is 11.6 Å². The fourth-order valence-corrected chi connectivity index (χ4v) is 2.91. The quantitative estimate of drug-likeness (QED) is 0.788. The highest BCUT2D eigenvalue weighted by Crippen LogP contribution is 2.31. The highest BCUT2D eigenvalue weighted by molar-refractivity contribution is 5.86.